The predicted octanol–water partition coefficient (Wildman–Crippen LogP) is 1.09. The van der Waals surface area contributed by atoms with Crippen molar-refractivity contribution in [3.63, 3.8) is 0 Å². The van der Waals surface area contributed by atoms with Crippen molar-refractivity contribution in [2.24, 2.45) is 0 Å². The van der Waals surface area contributed by atoms with Gasteiger partial charge >= 0.3 is 0 Å². The number of aromatic nitrogens is 4. The number of anilines is 1. The van der Waals surface area contributed by atoms with Gasteiger partial charge in [-0.1, -0.05) is 0 Å². The summed E-state index contributed by atoms with van der Waals surface area (Å²) in [6, 6.07) is 0. The molecular formula is C8H11N5. The number of nitrogens with one attached hydrogen (secondary N) is 2. The number of hydrogen-bond acceptors (Lipinski definition) is 4. The maximum Gasteiger partial charge on any atom is 0.161 e. The zero-order valence-corrected chi connectivity index (χ0v) is 7.63. The van der Waals surface area contributed by atoms with Gasteiger partial charge in [0.2, 0.25) is 0 Å². The highest BCUT2D eigenvalue weighted by Crippen LogP contribution is 2.16. The van der Waals surface area contributed by atoms with E-state index in [0.29, 0.717) is 0 Å². The van der Waals surface area contributed by atoms with E-state index >= 15 is 0 Å². The van der Waals surface area contributed by atoms with Gasteiger partial charge < -0.3 is 5.32 Å². The van der Waals surface area contributed by atoms with Crippen LogP contribution in [-0.2, 0) is 0 Å². The Morgan fingerprint density at radius 1 is 1.46 bits per heavy atom. The second kappa shape index (κ2) is 3.01. The molecule has 0 aliphatic carbocycles. The molecule has 2 aromatic rings. The lowest BCUT2D eigenvalue weighted by molar-refractivity contribution is 1.04. The smallest absolute Gasteiger partial charge is 0.161 e. The zero-order valence-electron chi connectivity index (χ0n) is 7.63. The van der Waals surface area contributed by atoms with Crippen molar-refractivity contribution in [2.75, 3.05) is 11.9 Å². The van der Waals surface area contributed by atoms with Crippen LogP contribution in [0, 0.1) is 6.92 Å². The lowest BCUT2D eigenvalue weighted by atomic mass is 10.4. The maximum atomic E-state index is 4.28. The summed E-state index contributed by atoms with van der Waals surface area (Å²) in [5.41, 5.74) is 0.781. The van der Waals surface area contributed by atoms with Gasteiger partial charge in [0.15, 0.2) is 5.65 Å². The molecule has 0 radical (unpaired) electrons. The summed E-state index contributed by atoms with van der Waals surface area (Å²) in [5, 5.41) is 10.8. The van der Waals surface area contributed by atoms with Crippen molar-refractivity contribution in [1.82, 2.24) is 20.2 Å². The molecule has 0 spiro atoms. The average molecular weight is 177 g/mol. The van der Waals surface area contributed by atoms with Crippen LogP contribution in [0.5, 0.6) is 0 Å². The van der Waals surface area contributed by atoms with E-state index in [-0.39, 0.29) is 0 Å². The van der Waals surface area contributed by atoms with Crippen molar-refractivity contribution < 1.29 is 0 Å². The van der Waals surface area contributed by atoms with Crippen LogP contribution in [0.15, 0.2) is 6.20 Å². The van der Waals surface area contributed by atoms with Gasteiger partial charge in [-0.2, -0.15) is 5.10 Å². The van der Waals surface area contributed by atoms with Crippen molar-refractivity contribution in [3.05, 3.63) is 12.0 Å². The molecule has 0 saturated heterocycles. The second-order valence-electron chi connectivity index (χ2n) is 2.78. The summed E-state index contributed by atoms with van der Waals surface area (Å²) in [7, 11) is 0. The molecule has 0 unspecified atom stereocenters. The van der Waals surface area contributed by atoms with Crippen molar-refractivity contribution in [1.29, 1.82) is 0 Å². The topological polar surface area (TPSA) is 66.5 Å². The first-order valence-corrected chi connectivity index (χ1v) is 4.23. The van der Waals surface area contributed by atoms with E-state index in [1.165, 1.54) is 0 Å². The molecule has 0 saturated carbocycles. The Morgan fingerprint density at radius 2 is 2.31 bits per heavy atom. The fourth-order valence-electron chi connectivity index (χ4n) is 1.25. The summed E-state index contributed by atoms with van der Waals surface area (Å²) in [4.78, 5) is 8.49. The maximum absolute atomic E-state index is 4.28. The highest BCUT2D eigenvalue weighted by atomic mass is 15.2. The van der Waals surface area contributed by atoms with Crippen LogP contribution in [-0.4, -0.2) is 26.7 Å². The normalized spacial score (nSPS) is 10.6. The molecule has 2 rings (SSSR count). The monoisotopic (exact) mass is 177 g/mol. The molecule has 13 heavy (non-hydrogen) atoms. The van der Waals surface area contributed by atoms with Crippen LogP contribution in [0.2, 0.25) is 0 Å². The average Bonchev–Trinajstić information content (AvgIpc) is 2.52. The SMILES string of the molecule is CCNc1nc(C)nc2[nH]ncc12. The minimum Gasteiger partial charge on any atom is -0.370 e. The molecule has 0 aromatic carbocycles. The third-order valence-electron chi connectivity index (χ3n) is 1.77. The number of H-pyrrole nitrogens is 1. The summed E-state index contributed by atoms with van der Waals surface area (Å²) >= 11 is 0. The summed E-state index contributed by atoms with van der Waals surface area (Å²) < 4.78 is 0. The Morgan fingerprint density at radius 3 is 3.08 bits per heavy atom. The fraction of sp³-hybridized carbons (Fsp3) is 0.375. The first kappa shape index (κ1) is 7.97. The molecule has 2 N–H and O–H groups in total. The highest BCUT2D eigenvalue weighted by Gasteiger charge is 2.05. The first-order valence-electron chi connectivity index (χ1n) is 4.23. The van der Waals surface area contributed by atoms with E-state index in [9.17, 15) is 0 Å². The van der Waals surface area contributed by atoms with Crippen molar-refractivity contribution in [3.8, 4) is 0 Å². The third-order valence-corrected chi connectivity index (χ3v) is 1.77. The Balaban J connectivity index is 2.63. The van der Waals surface area contributed by atoms with Gasteiger partial charge in [0.25, 0.3) is 0 Å². The summed E-state index contributed by atoms with van der Waals surface area (Å²) in [6.07, 6.45) is 1.73. The van der Waals surface area contributed by atoms with Crippen LogP contribution >= 0.6 is 0 Å². The highest BCUT2D eigenvalue weighted by molar-refractivity contribution is 5.85. The second-order valence-corrected chi connectivity index (χ2v) is 2.78. The predicted molar refractivity (Wildman–Crippen MR) is 50.6 cm³/mol. The number of nitrogens with zero attached hydrogens (tertiary/aromatic N) is 3. The lowest BCUT2D eigenvalue weighted by Gasteiger charge is -2.03. The van der Waals surface area contributed by atoms with Crippen molar-refractivity contribution in [2.45, 2.75) is 13.8 Å². The fourth-order valence-corrected chi connectivity index (χ4v) is 1.25. The van der Waals surface area contributed by atoms with Gasteiger partial charge in [0.1, 0.15) is 11.6 Å². The number of aromatic amines is 1. The van der Waals surface area contributed by atoms with E-state index < -0.39 is 0 Å². The van der Waals surface area contributed by atoms with E-state index in [1.54, 1.807) is 6.20 Å². The van der Waals surface area contributed by atoms with Crippen LogP contribution < -0.4 is 5.32 Å². The molecule has 5 heteroatoms. The molecule has 68 valence electrons. The molecule has 0 amide bonds. The molecule has 0 aliphatic rings. The minimum atomic E-state index is 0.743. The molecule has 0 fully saturated rings. The molecule has 0 aliphatic heterocycles. The Hall–Kier alpha value is -1.65. The number of aryl methyl sites for hydroxylation is 1. The van der Waals surface area contributed by atoms with E-state index in [2.05, 4.69) is 25.5 Å². The van der Waals surface area contributed by atoms with Crippen LogP contribution in [0.3, 0.4) is 0 Å². The Bertz CT molecular complexity index is 419. The summed E-state index contributed by atoms with van der Waals surface area (Å²) in [6.45, 7) is 4.74. The number of rotatable bonds is 2. The standard InChI is InChI=1S/C8H11N5/c1-3-9-7-6-4-10-13-8(6)12-5(2)11-7/h4H,3H2,1-2H3,(H2,9,10,11,12,13). The number of hydrogen-bond donors (Lipinski definition) is 2. The zero-order chi connectivity index (χ0) is 9.26. The van der Waals surface area contributed by atoms with Gasteiger partial charge in [0.05, 0.1) is 11.6 Å². The molecule has 2 aromatic heterocycles. The van der Waals surface area contributed by atoms with Crippen LogP contribution in [0.25, 0.3) is 11.0 Å². The van der Waals surface area contributed by atoms with Crippen LogP contribution in [0.4, 0.5) is 5.82 Å². The largest absolute Gasteiger partial charge is 0.370 e. The van der Waals surface area contributed by atoms with Crippen LogP contribution in [0.1, 0.15) is 12.7 Å². The Kier molecular flexibility index (Phi) is 1.84. The van der Waals surface area contributed by atoms with Gasteiger partial charge in [-0.05, 0) is 13.8 Å². The van der Waals surface area contributed by atoms with E-state index in [4.69, 9.17) is 0 Å². The van der Waals surface area contributed by atoms with Gasteiger partial charge in [0, 0.05) is 6.54 Å². The third kappa shape index (κ3) is 1.32. The van der Waals surface area contributed by atoms with Gasteiger partial charge in [-0.15, -0.1) is 0 Å². The summed E-state index contributed by atoms with van der Waals surface area (Å²) in [5.74, 6) is 1.59. The molecule has 0 atom stereocenters. The lowest BCUT2D eigenvalue weighted by Crippen LogP contribution is -2.01. The Labute approximate surface area is 75.6 Å². The molecule has 0 bridgehead atoms. The molecular weight excluding hydrogens is 166 g/mol. The van der Waals surface area contributed by atoms with E-state index in [1.807, 2.05) is 13.8 Å². The molecule has 2 heterocycles. The van der Waals surface area contributed by atoms with Gasteiger partial charge in [-0.3, -0.25) is 5.10 Å². The van der Waals surface area contributed by atoms with Gasteiger partial charge in [-0.25, -0.2) is 9.97 Å². The molecule has 5 nitrogen and oxygen atoms in total. The quantitative estimate of drug-likeness (QED) is 0.720. The number of fused-ring (bicyclic) bond motifs is 1. The van der Waals surface area contributed by atoms with Crippen molar-refractivity contribution >= 4 is 16.9 Å². The first-order chi connectivity index (χ1) is 6.31. The minimum absolute atomic E-state index is 0.743. The van der Waals surface area contributed by atoms with E-state index in [0.717, 1.165) is 29.2 Å².